The van der Waals surface area contributed by atoms with E-state index in [0.717, 1.165) is 44.1 Å². The molecule has 0 radical (unpaired) electrons. The molecule has 1 heterocycles. The van der Waals surface area contributed by atoms with Crippen molar-refractivity contribution in [2.24, 2.45) is 11.8 Å². The predicted molar refractivity (Wildman–Crippen MR) is 173 cm³/mol. The summed E-state index contributed by atoms with van der Waals surface area (Å²) in [5.74, 6) is -0.300. The maximum atomic E-state index is 12.8. The lowest BCUT2D eigenvalue weighted by atomic mass is 9.95. The molecule has 0 aromatic rings. The fourth-order valence-electron chi connectivity index (χ4n) is 5.33. The van der Waals surface area contributed by atoms with Crippen molar-refractivity contribution in [2.75, 3.05) is 20.3 Å². The molecule has 1 aliphatic heterocycles. The lowest BCUT2D eigenvalue weighted by Crippen LogP contribution is -2.42. The number of Topliss-reactive ketones (excluding diaryl/α,β-unsaturated/α-hetero) is 1. The van der Waals surface area contributed by atoms with Crippen molar-refractivity contribution in [3.63, 3.8) is 0 Å². The number of aliphatic hydroxyl groups is 3. The zero-order chi connectivity index (χ0) is 32.9. The van der Waals surface area contributed by atoms with Gasteiger partial charge in [0.15, 0.2) is 6.10 Å². The quantitative estimate of drug-likeness (QED) is 0.310. The number of amides is 1. The summed E-state index contributed by atoms with van der Waals surface area (Å²) in [5.41, 5.74) is 1.40. The van der Waals surface area contributed by atoms with Crippen LogP contribution in [0.2, 0.25) is 0 Å². The molecule has 0 saturated carbocycles. The number of cyclic esters (lactones) is 1. The monoisotopic (exact) mass is 621 g/mol. The third-order valence-corrected chi connectivity index (χ3v) is 8.14. The summed E-state index contributed by atoms with van der Waals surface area (Å²) in [4.78, 5) is 38.0. The van der Waals surface area contributed by atoms with Crippen LogP contribution in [-0.2, 0) is 23.9 Å². The van der Waals surface area contributed by atoms with E-state index in [0.29, 0.717) is 50.2 Å². The Hall–Kier alpha value is -2.33. The van der Waals surface area contributed by atoms with Crippen LogP contribution in [0.15, 0.2) is 35.5 Å². The van der Waals surface area contributed by atoms with E-state index in [1.807, 2.05) is 32.1 Å². The van der Waals surface area contributed by atoms with E-state index in [2.05, 4.69) is 18.3 Å². The summed E-state index contributed by atoms with van der Waals surface area (Å²) in [5, 5.41) is 34.1. The van der Waals surface area contributed by atoms with Crippen LogP contribution in [0.3, 0.4) is 0 Å². The van der Waals surface area contributed by atoms with E-state index >= 15 is 0 Å². The number of hydrogen-bond donors (Lipinski definition) is 4. The second-order valence-electron chi connectivity index (χ2n) is 12.3. The Kier molecular flexibility index (Phi) is 20.8. The molecule has 0 aromatic carbocycles. The second-order valence-corrected chi connectivity index (χ2v) is 12.3. The van der Waals surface area contributed by atoms with Crippen LogP contribution in [0.1, 0.15) is 111 Å². The molecule has 252 valence electrons. The van der Waals surface area contributed by atoms with Crippen molar-refractivity contribution in [1.29, 1.82) is 0 Å². The summed E-state index contributed by atoms with van der Waals surface area (Å²) >= 11 is 0. The molecule has 4 N–H and O–H groups in total. The number of esters is 1. The van der Waals surface area contributed by atoms with Gasteiger partial charge in [0.2, 0.25) is 0 Å². The van der Waals surface area contributed by atoms with Gasteiger partial charge in [-0.15, -0.1) is 0 Å². The Morgan fingerprint density at radius 1 is 0.977 bits per heavy atom. The number of β-amino-alcohol motifs (C(OH)–C–C–N with tert-alkyl or cyclic N) is 1. The highest BCUT2D eigenvalue weighted by molar-refractivity contribution is 5.91. The van der Waals surface area contributed by atoms with Gasteiger partial charge in [0.1, 0.15) is 5.78 Å². The van der Waals surface area contributed by atoms with Gasteiger partial charge in [-0.05, 0) is 75.7 Å². The number of ether oxygens (including phenoxy) is 2. The lowest BCUT2D eigenvalue weighted by molar-refractivity contribution is -0.152. The van der Waals surface area contributed by atoms with Gasteiger partial charge in [0, 0.05) is 38.5 Å². The molecule has 0 bridgehead atoms. The van der Waals surface area contributed by atoms with Crippen LogP contribution in [0.4, 0.5) is 0 Å². The van der Waals surface area contributed by atoms with Gasteiger partial charge in [0.25, 0.3) is 5.91 Å². The normalized spacial score (nSPS) is 32.1. The molecule has 44 heavy (non-hydrogen) atoms. The van der Waals surface area contributed by atoms with Crippen molar-refractivity contribution in [3.8, 4) is 0 Å². The van der Waals surface area contributed by atoms with Gasteiger partial charge in [-0.3, -0.25) is 9.59 Å². The molecule has 9 nitrogen and oxygen atoms in total. The van der Waals surface area contributed by atoms with Crippen molar-refractivity contribution >= 4 is 17.7 Å². The molecule has 0 fully saturated rings. The SMILES string of the molecule is CCCC1OC(=O)/C(C)=C/C(C)CCCCC(=O)CCCC(CC)/C=C/C=C(\COC)CCC(O)C(O)CC(O)CNC1=O. The highest BCUT2D eigenvalue weighted by Gasteiger charge is 2.25. The molecule has 0 saturated heterocycles. The van der Waals surface area contributed by atoms with Crippen molar-refractivity contribution in [3.05, 3.63) is 35.5 Å². The first-order chi connectivity index (χ1) is 21.0. The summed E-state index contributed by atoms with van der Waals surface area (Å²) in [6, 6.07) is 0. The van der Waals surface area contributed by atoms with E-state index in [-0.39, 0.29) is 31.1 Å². The molecule has 1 amide bonds. The average Bonchev–Trinajstić information content (AvgIpc) is 2.98. The Morgan fingerprint density at radius 3 is 2.39 bits per heavy atom. The van der Waals surface area contributed by atoms with Gasteiger partial charge in [-0.25, -0.2) is 4.79 Å². The molecular weight excluding hydrogens is 562 g/mol. The topological polar surface area (TPSA) is 142 Å². The fourth-order valence-corrected chi connectivity index (χ4v) is 5.33. The number of aliphatic hydroxyl groups excluding tert-OH is 3. The van der Waals surface area contributed by atoms with Crippen LogP contribution >= 0.6 is 0 Å². The minimum absolute atomic E-state index is 0.121. The lowest BCUT2D eigenvalue weighted by Gasteiger charge is -2.22. The van der Waals surface area contributed by atoms with Gasteiger partial charge < -0.3 is 30.1 Å². The van der Waals surface area contributed by atoms with E-state index < -0.39 is 36.3 Å². The summed E-state index contributed by atoms with van der Waals surface area (Å²) in [7, 11) is 1.61. The Bertz CT molecular complexity index is 943. The van der Waals surface area contributed by atoms with Crippen LogP contribution in [0.5, 0.6) is 0 Å². The number of carbonyl (C=O) groups excluding carboxylic acids is 3. The first kappa shape index (κ1) is 39.7. The molecule has 0 aromatic heterocycles. The molecule has 9 heteroatoms. The molecule has 1 aliphatic rings. The zero-order valence-corrected chi connectivity index (χ0v) is 27.8. The summed E-state index contributed by atoms with van der Waals surface area (Å²) in [6.45, 7) is 7.96. The number of nitrogens with one attached hydrogen (secondary N) is 1. The number of ketones is 1. The molecular formula is C35H59NO8. The van der Waals surface area contributed by atoms with Crippen LogP contribution in [-0.4, -0.2) is 77.7 Å². The highest BCUT2D eigenvalue weighted by atomic mass is 16.5. The van der Waals surface area contributed by atoms with Crippen LogP contribution in [0, 0.1) is 11.8 Å². The fraction of sp³-hybridized carbons (Fsp3) is 0.743. The molecule has 0 aliphatic carbocycles. The minimum atomic E-state index is -1.18. The second kappa shape index (κ2) is 23.1. The van der Waals surface area contributed by atoms with Crippen LogP contribution in [0.25, 0.3) is 0 Å². The van der Waals surface area contributed by atoms with E-state index in [9.17, 15) is 29.7 Å². The molecule has 6 unspecified atom stereocenters. The Morgan fingerprint density at radius 2 is 1.70 bits per heavy atom. The van der Waals surface area contributed by atoms with Crippen molar-refractivity contribution < 1.29 is 39.2 Å². The molecule has 6 atom stereocenters. The highest BCUT2D eigenvalue weighted by Crippen LogP contribution is 2.19. The zero-order valence-electron chi connectivity index (χ0n) is 27.8. The smallest absolute Gasteiger partial charge is 0.334 e. The number of methoxy groups -OCH3 is 1. The van der Waals surface area contributed by atoms with Crippen LogP contribution < -0.4 is 5.32 Å². The first-order valence-corrected chi connectivity index (χ1v) is 16.6. The summed E-state index contributed by atoms with van der Waals surface area (Å²) < 4.78 is 10.8. The Labute approximate surface area is 265 Å². The number of carbonyl (C=O) groups is 3. The van der Waals surface area contributed by atoms with Gasteiger partial charge in [0.05, 0.1) is 24.9 Å². The Balaban J connectivity index is 3.00. The maximum absolute atomic E-state index is 12.8. The number of hydrogen-bond acceptors (Lipinski definition) is 8. The standard InChI is InChI=1S/C35H59NO8/c1-6-12-33-34(41)36-23-30(38)22-32(40)31(39)20-19-28(24-43-5)16-10-14-27(7-2)15-11-18-29(37)17-9-8-13-25(3)21-26(4)35(42)44-33/h10,14,16,21,25,27,30-33,38-40H,6-9,11-13,15,17-20,22-24H2,1-5H3,(H,36,41)/b14-10+,26-21+,28-16-. The van der Waals surface area contributed by atoms with Crippen molar-refractivity contribution in [1.82, 2.24) is 5.32 Å². The largest absolute Gasteiger partial charge is 0.449 e. The minimum Gasteiger partial charge on any atom is -0.449 e. The number of rotatable bonds is 5. The van der Waals surface area contributed by atoms with E-state index in [4.69, 9.17) is 9.47 Å². The van der Waals surface area contributed by atoms with Crippen molar-refractivity contribution in [2.45, 2.75) is 136 Å². The third-order valence-electron chi connectivity index (χ3n) is 8.14. The number of allylic oxidation sites excluding steroid dienone is 4. The van der Waals surface area contributed by atoms with E-state index in [1.54, 1.807) is 14.0 Å². The third kappa shape index (κ3) is 17.2. The predicted octanol–water partition coefficient (Wildman–Crippen LogP) is 5.12. The first-order valence-electron chi connectivity index (χ1n) is 16.6. The van der Waals surface area contributed by atoms with Gasteiger partial charge in [-0.2, -0.15) is 0 Å². The molecule has 0 spiro atoms. The van der Waals surface area contributed by atoms with E-state index in [1.165, 1.54) is 0 Å². The maximum Gasteiger partial charge on any atom is 0.334 e. The summed E-state index contributed by atoms with van der Waals surface area (Å²) in [6.07, 6.45) is 11.7. The van der Waals surface area contributed by atoms with Gasteiger partial charge >= 0.3 is 5.97 Å². The molecule has 1 rings (SSSR count). The van der Waals surface area contributed by atoms with Gasteiger partial charge in [-0.1, -0.05) is 57.9 Å². The average molecular weight is 622 g/mol.